The van der Waals surface area contributed by atoms with Crippen LogP contribution in [-0.4, -0.2) is 48.0 Å². The van der Waals surface area contributed by atoms with Gasteiger partial charge in [0.25, 0.3) is 17.7 Å². The average molecular weight is 425 g/mol. The van der Waals surface area contributed by atoms with Crippen molar-refractivity contribution in [1.82, 2.24) is 15.3 Å². The van der Waals surface area contributed by atoms with E-state index in [1.165, 1.54) is 37.7 Å². The maximum atomic E-state index is 13.0. The number of aromatic nitrogens is 2. The fourth-order valence-corrected chi connectivity index (χ4v) is 2.63. The van der Waals surface area contributed by atoms with Crippen LogP contribution in [0.25, 0.3) is 0 Å². The number of aromatic amines is 1. The molecule has 160 valence electrons. The fraction of sp³-hybridized carbons (Fsp3) is 0.143. The average Bonchev–Trinajstić information content (AvgIpc) is 3.26. The summed E-state index contributed by atoms with van der Waals surface area (Å²) in [5.41, 5.74) is 1.23. The molecule has 4 N–H and O–H groups in total. The third-order valence-electron chi connectivity index (χ3n) is 4.18. The molecular formula is C21H20FN5O4. The van der Waals surface area contributed by atoms with Gasteiger partial charge in [-0.15, -0.1) is 0 Å². The zero-order chi connectivity index (χ0) is 22.2. The number of hydrogen-bond acceptors (Lipinski definition) is 5. The van der Waals surface area contributed by atoms with Crippen LogP contribution in [0.3, 0.4) is 0 Å². The van der Waals surface area contributed by atoms with Gasteiger partial charge < -0.3 is 25.7 Å². The third-order valence-corrected chi connectivity index (χ3v) is 4.18. The Morgan fingerprint density at radius 1 is 0.935 bits per heavy atom. The number of nitrogens with zero attached hydrogens (tertiary/aromatic N) is 1. The molecule has 31 heavy (non-hydrogen) atoms. The lowest BCUT2D eigenvalue weighted by Gasteiger charge is -2.08. The number of H-pyrrole nitrogens is 1. The number of carbonyl (C=O) groups excluding carboxylic acids is 3. The summed E-state index contributed by atoms with van der Waals surface area (Å²) in [7, 11) is 1.51. The number of imidazole rings is 1. The minimum absolute atomic E-state index is 0.0387. The normalized spacial score (nSPS) is 10.4. The Labute approximate surface area is 177 Å². The minimum atomic E-state index is -0.568. The molecule has 0 saturated carbocycles. The van der Waals surface area contributed by atoms with Gasteiger partial charge in [0.1, 0.15) is 11.5 Å². The predicted molar refractivity (Wildman–Crippen MR) is 112 cm³/mol. The molecule has 0 atom stereocenters. The molecule has 0 fully saturated rings. The summed E-state index contributed by atoms with van der Waals surface area (Å²) in [5, 5.41) is 7.94. The van der Waals surface area contributed by atoms with Gasteiger partial charge in [0, 0.05) is 30.6 Å². The van der Waals surface area contributed by atoms with Gasteiger partial charge in [-0.25, -0.2) is 9.37 Å². The molecular weight excluding hydrogens is 405 g/mol. The first-order valence-electron chi connectivity index (χ1n) is 9.27. The summed E-state index contributed by atoms with van der Waals surface area (Å²) in [5.74, 6) is -1.86. The van der Waals surface area contributed by atoms with Gasteiger partial charge in [-0.05, 0) is 48.5 Å². The molecule has 0 aliphatic rings. The Kier molecular flexibility index (Phi) is 7.07. The molecule has 0 unspecified atom stereocenters. The largest absolute Gasteiger partial charge is 0.383 e. The van der Waals surface area contributed by atoms with Crippen molar-refractivity contribution in [3.8, 4) is 0 Å². The quantitative estimate of drug-likeness (QED) is 0.413. The highest BCUT2D eigenvalue weighted by molar-refractivity contribution is 6.10. The van der Waals surface area contributed by atoms with E-state index in [9.17, 15) is 18.8 Å². The van der Waals surface area contributed by atoms with Crippen molar-refractivity contribution in [2.24, 2.45) is 0 Å². The van der Waals surface area contributed by atoms with Crippen molar-refractivity contribution >= 4 is 29.1 Å². The lowest BCUT2D eigenvalue weighted by molar-refractivity contribution is 0.0921. The number of ether oxygens (including phenoxy) is 1. The fourth-order valence-electron chi connectivity index (χ4n) is 2.63. The number of amides is 3. The maximum Gasteiger partial charge on any atom is 0.276 e. The van der Waals surface area contributed by atoms with Gasteiger partial charge in [0.05, 0.1) is 12.9 Å². The summed E-state index contributed by atoms with van der Waals surface area (Å²) < 4.78 is 17.8. The predicted octanol–water partition coefficient (Wildman–Crippen LogP) is 2.43. The molecule has 0 aliphatic heterocycles. The number of methoxy groups -OCH3 is 1. The van der Waals surface area contributed by atoms with E-state index in [4.69, 9.17) is 4.74 Å². The molecule has 1 aromatic heterocycles. The Morgan fingerprint density at radius 3 is 2.16 bits per heavy atom. The summed E-state index contributed by atoms with van der Waals surface area (Å²) in [6, 6.07) is 11.5. The first-order valence-corrected chi connectivity index (χ1v) is 9.27. The van der Waals surface area contributed by atoms with Crippen LogP contribution in [0.5, 0.6) is 0 Å². The van der Waals surface area contributed by atoms with Gasteiger partial charge in [0.15, 0.2) is 5.69 Å². The summed E-state index contributed by atoms with van der Waals surface area (Å²) in [6.07, 6.45) is 1.26. The van der Waals surface area contributed by atoms with Crippen molar-refractivity contribution in [3.05, 3.63) is 77.6 Å². The summed E-state index contributed by atoms with van der Waals surface area (Å²) in [4.78, 5) is 43.4. The van der Waals surface area contributed by atoms with Crippen LogP contribution in [0.1, 0.15) is 31.3 Å². The standard InChI is InChI=1S/C21H20FN5O4/c1-31-11-10-23-20(29)17-18(25-12-24-17)21(30)27-16-8-6-15(7-9-16)26-19(28)13-2-4-14(22)5-3-13/h2-9,12H,10-11H2,1H3,(H,23,29)(H,24,25)(H,26,28)(H,27,30). The van der Waals surface area contributed by atoms with E-state index < -0.39 is 23.5 Å². The van der Waals surface area contributed by atoms with Gasteiger partial charge in [0.2, 0.25) is 0 Å². The van der Waals surface area contributed by atoms with Crippen molar-refractivity contribution in [3.63, 3.8) is 0 Å². The summed E-state index contributed by atoms with van der Waals surface area (Å²) >= 11 is 0. The van der Waals surface area contributed by atoms with Gasteiger partial charge >= 0.3 is 0 Å². The third kappa shape index (κ3) is 5.73. The highest BCUT2D eigenvalue weighted by Crippen LogP contribution is 2.16. The van der Waals surface area contributed by atoms with Crippen LogP contribution in [0.4, 0.5) is 15.8 Å². The van der Waals surface area contributed by atoms with E-state index in [0.29, 0.717) is 30.1 Å². The van der Waals surface area contributed by atoms with Crippen LogP contribution in [0, 0.1) is 5.82 Å². The molecule has 1 heterocycles. The molecule has 0 aliphatic carbocycles. The zero-order valence-corrected chi connectivity index (χ0v) is 16.6. The van der Waals surface area contributed by atoms with Crippen LogP contribution in [0.2, 0.25) is 0 Å². The molecule has 3 aromatic rings. The highest BCUT2D eigenvalue weighted by atomic mass is 19.1. The van der Waals surface area contributed by atoms with Gasteiger partial charge in [-0.2, -0.15) is 0 Å². The summed E-state index contributed by atoms with van der Waals surface area (Å²) in [6.45, 7) is 0.631. The van der Waals surface area contributed by atoms with E-state index >= 15 is 0 Å². The van der Waals surface area contributed by atoms with Gasteiger partial charge in [-0.1, -0.05) is 0 Å². The molecule has 0 saturated heterocycles. The Hall–Kier alpha value is -4.05. The topological polar surface area (TPSA) is 125 Å². The van der Waals surface area contributed by atoms with Crippen LogP contribution in [0.15, 0.2) is 54.9 Å². The zero-order valence-electron chi connectivity index (χ0n) is 16.6. The number of anilines is 2. The molecule has 3 amide bonds. The van der Waals surface area contributed by atoms with Crippen molar-refractivity contribution in [2.45, 2.75) is 0 Å². The van der Waals surface area contributed by atoms with Crippen molar-refractivity contribution < 1.29 is 23.5 Å². The number of nitrogens with one attached hydrogen (secondary N) is 4. The SMILES string of the molecule is COCCNC(=O)c1[nH]cnc1C(=O)Nc1ccc(NC(=O)c2ccc(F)cc2)cc1. The highest BCUT2D eigenvalue weighted by Gasteiger charge is 2.20. The number of benzene rings is 2. The first-order chi connectivity index (χ1) is 15.0. The molecule has 0 radical (unpaired) electrons. The van der Waals surface area contributed by atoms with Gasteiger partial charge in [-0.3, -0.25) is 14.4 Å². The molecule has 3 rings (SSSR count). The molecule has 9 nitrogen and oxygen atoms in total. The minimum Gasteiger partial charge on any atom is -0.383 e. The van der Waals surface area contributed by atoms with E-state index in [0.717, 1.165) is 0 Å². The number of hydrogen-bond donors (Lipinski definition) is 4. The van der Waals surface area contributed by atoms with Crippen molar-refractivity contribution in [2.75, 3.05) is 30.9 Å². The van der Waals surface area contributed by atoms with Crippen LogP contribution in [-0.2, 0) is 4.74 Å². The van der Waals surface area contributed by atoms with E-state index in [2.05, 4.69) is 25.9 Å². The van der Waals surface area contributed by atoms with Crippen LogP contribution < -0.4 is 16.0 Å². The van der Waals surface area contributed by atoms with Crippen molar-refractivity contribution in [1.29, 1.82) is 0 Å². The molecule has 2 aromatic carbocycles. The monoisotopic (exact) mass is 425 g/mol. The second-order valence-electron chi connectivity index (χ2n) is 6.37. The number of halogens is 1. The lowest BCUT2D eigenvalue weighted by Crippen LogP contribution is -2.29. The second-order valence-corrected chi connectivity index (χ2v) is 6.37. The van der Waals surface area contributed by atoms with E-state index in [1.54, 1.807) is 24.3 Å². The Morgan fingerprint density at radius 2 is 1.55 bits per heavy atom. The Bertz CT molecular complexity index is 1060. The molecule has 10 heteroatoms. The number of rotatable bonds is 8. The molecule has 0 bridgehead atoms. The lowest BCUT2D eigenvalue weighted by atomic mass is 10.2. The number of carbonyl (C=O) groups is 3. The smallest absolute Gasteiger partial charge is 0.276 e. The second kappa shape index (κ2) is 10.1. The molecule has 0 spiro atoms. The van der Waals surface area contributed by atoms with Crippen LogP contribution >= 0.6 is 0 Å². The first kappa shape index (κ1) is 21.7. The van der Waals surface area contributed by atoms with E-state index in [1.807, 2.05) is 0 Å². The van der Waals surface area contributed by atoms with E-state index in [-0.39, 0.29) is 11.4 Å². The maximum absolute atomic E-state index is 13.0. The Balaban J connectivity index is 1.60.